The van der Waals surface area contributed by atoms with Gasteiger partial charge in [-0.3, -0.25) is 14.6 Å². The van der Waals surface area contributed by atoms with Crippen molar-refractivity contribution in [1.82, 2.24) is 19.9 Å². The van der Waals surface area contributed by atoms with E-state index in [2.05, 4.69) is 15.3 Å². The number of anilines is 1. The van der Waals surface area contributed by atoms with E-state index in [1.54, 1.807) is 25.6 Å². The molecule has 0 radical (unpaired) electrons. The van der Waals surface area contributed by atoms with Gasteiger partial charge >= 0.3 is 0 Å². The molecule has 2 aromatic heterocycles. The minimum absolute atomic E-state index is 0.0198. The van der Waals surface area contributed by atoms with Crippen molar-refractivity contribution in [3.8, 4) is 0 Å². The van der Waals surface area contributed by atoms with E-state index in [4.69, 9.17) is 0 Å². The number of hydrogen-bond acceptors (Lipinski definition) is 5. The Balaban J connectivity index is 1.61. The van der Waals surface area contributed by atoms with E-state index < -0.39 is 0 Å². The summed E-state index contributed by atoms with van der Waals surface area (Å²) in [6.45, 7) is 3.30. The van der Waals surface area contributed by atoms with E-state index in [9.17, 15) is 9.59 Å². The second-order valence-corrected chi connectivity index (χ2v) is 6.50. The molecule has 1 N–H and O–H groups in total. The maximum atomic E-state index is 12.3. The van der Waals surface area contributed by atoms with Crippen LogP contribution in [-0.2, 0) is 18.3 Å². The molecule has 0 aromatic carbocycles. The van der Waals surface area contributed by atoms with Gasteiger partial charge in [0.1, 0.15) is 0 Å². The number of carbonyl (C=O) groups excluding carboxylic acids is 1. The summed E-state index contributed by atoms with van der Waals surface area (Å²) in [4.78, 5) is 34.9. The van der Waals surface area contributed by atoms with Crippen molar-refractivity contribution in [2.45, 2.75) is 32.2 Å². The Morgan fingerprint density at radius 2 is 2.20 bits per heavy atom. The SMILES string of the molecule is Cc1ccc(CC(=O)NC2CCCN(c3nccn(C)c3=O)C2)cn1. The second-order valence-electron chi connectivity index (χ2n) is 6.50. The zero-order valence-electron chi connectivity index (χ0n) is 14.6. The zero-order chi connectivity index (χ0) is 17.8. The molecule has 3 rings (SSSR count). The van der Waals surface area contributed by atoms with Crippen molar-refractivity contribution in [1.29, 1.82) is 0 Å². The molecule has 2 aromatic rings. The van der Waals surface area contributed by atoms with Crippen LogP contribution in [0.25, 0.3) is 0 Å². The maximum absolute atomic E-state index is 12.3. The lowest BCUT2D eigenvalue weighted by atomic mass is 10.1. The monoisotopic (exact) mass is 341 g/mol. The molecule has 0 saturated carbocycles. The molecule has 132 valence electrons. The van der Waals surface area contributed by atoms with Gasteiger partial charge in [0.25, 0.3) is 5.56 Å². The zero-order valence-corrected chi connectivity index (χ0v) is 14.6. The van der Waals surface area contributed by atoms with Crippen LogP contribution in [0.15, 0.2) is 35.5 Å². The molecule has 0 bridgehead atoms. The molecular formula is C18H23N5O2. The fourth-order valence-electron chi connectivity index (χ4n) is 3.06. The van der Waals surface area contributed by atoms with Gasteiger partial charge in [0.05, 0.1) is 6.42 Å². The number of rotatable bonds is 4. The predicted octanol–water partition coefficient (Wildman–Crippen LogP) is 0.811. The summed E-state index contributed by atoms with van der Waals surface area (Å²) < 4.78 is 1.52. The van der Waals surface area contributed by atoms with Crippen molar-refractivity contribution in [3.05, 3.63) is 52.3 Å². The Kier molecular flexibility index (Phi) is 5.11. The highest BCUT2D eigenvalue weighted by molar-refractivity contribution is 5.78. The molecule has 0 aliphatic carbocycles. The Bertz CT molecular complexity index is 800. The van der Waals surface area contributed by atoms with E-state index in [1.165, 1.54) is 4.57 Å². The first kappa shape index (κ1) is 17.1. The molecule has 25 heavy (non-hydrogen) atoms. The third-order valence-corrected chi connectivity index (χ3v) is 4.42. The van der Waals surface area contributed by atoms with Crippen LogP contribution in [0.1, 0.15) is 24.1 Å². The topological polar surface area (TPSA) is 80.1 Å². The average Bonchev–Trinajstić information content (AvgIpc) is 2.59. The number of amides is 1. The standard InChI is InChI=1S/C18H23N5O2/c1-13-5-6-14(11-20-13)10-16(24)21-15-4-3-8-23(12-15)17-18(25)22(2)9-7-19-17/h5-7,9,11,15H,3-4,8,10,12H2,1-2H3,(H,21,24). The van der Waals surface area contributed by atoms with Crippen molar-refractivity contribution in [2.24, 2.45) is 7.05 Å². The van der Waals surface area contributed by atoms with Gasteiger partial charge in [0.15, 0.2) is 5.82 Å². The number of pyridine rings is 1. The fraction of sp³-hybridized carbons (Fsp3) is 0.444. The third-order valence-electron chi connectivity index (χ3n) is 4.42. The largest absolute Gasteiger partial charge is 0.351 e. The predicted molar refractivity (Wildman–Crippen MR) is 95.5 cm³/mol. The second kappa shape index (κ2) is 7.46. The summed E-state index contributed by atoms with van der Waals surface area (Å²) in [5.74, 6) is 0.429. The summed E-state index contributed by atoms with van der Waals surface area (Å²) in [6.07, 6.45) is 7.14. The first-order valence-corrected chi connectivity index (χ1v) is 8.50. The minimum Gasteiger partial charge on any atom is -0.351 e. The summed E-state index contributed by atoms with van der Waals surface area (Å²) >= 11 is 0. The highest BCUT2D eigenvalue weighted by Crippen LogP contribution is 2.14. The Labute approximate surface area is 146 Å². The van der Waals surface area contributed by atoms with Gasteiger partial charge in [-0.25, -0.2) is 4.98 Å². The van der Waals surface area contributed by atoms with E-state index >= 15 is 0 Å². The first-order chi connectivity index (χ1) is 12.0. The molecule has 1 unspecified atom stereocenters. The van der Waals surface area contributed by atoms with Gasteiger partial charge in [-0.2, -0.15) is 0 Å². The number of piperidine rings is 1. The van der Waals surface area contributed by atoms with E-state index in [0.29, 0.717) is 18.8 Å². The van der Waals surface area contributed by atoms with Crippen LogP contribution in [-0.4, -0.2) is 39.6 Å². The van der Waals surface area contributed by atoms with Crippen LogP contribution in [0.4, 0.5) is 5.82 Å². The van der Waals surface area contributed by atoms with Crippen LogP contribution in [0, 0.1) is 6.92 Å². The number of carbonyl (C=O) groups is 1. The molecule has 1 fully saturated rings. The number of nitrogens with zero attached hydrogens (tertiary/aromatic N) is 4. The fourth-order valence-corrected chi connectivity index (χ4v) is 3.06. The molecule has 1 atom stereocenters. The molecule has 1 aliphatic rings. The van der Waals surface area contributed by atoms with Gasteiger partial charge in [0, 0.05) is 50.5 Å². The number of nitrogens with one attached hydrogen (secondary N) is 1. The highest BCUT2D eigenvalue weighted by atomic mass is 16.1. The Morgan fingerprint density at radius 3 is 2.96 bits per heavy atom. The molecule has 3 heterocycles. The quantitative estimate of drug-likeness (QED) is 0.890. The van der Waals surface area contributed by atoms with Crippen LogP contribution < -0.4 is 15.8 Å². The third kappa shape index (κ3) is 4.23. The van der Waals surface area contributed by atoms with E-state index in [1.807, 2.05) is 24.0 Å². The van der Waals surface area contributed by atoms with Crippen molar-refractivity contribution >= 4 is 11.7 Å². The summed E-state index contributed by atoms with van der Waals surface area (Å²) in [6, 6.07) is 3.85. The lowest BCUT2D eigenvalue weighted by Crippen LogP contribution is -2.49. The summed E-state index contributed by atoms with van der Waals surface area (Å²) in [7, 11) is 1.71. The Morgan fingerprint density at radius 1 is 1.36 bits per heavy atom. The highest BCUT2D eigenvalue weighted by Gasteiger charge is 2.24. The normalized spacial score (nSPS) is 17.4. The van der Waals surface area contributed by atoms with Crippen LogP contribution in [0.5, 0.6) is 0 Å². The molecule has 0 spiro atoms. The molecule has 1 amide bonds. The maximum Gasteiger partial charge on any atom is 0.293 e. The molecule has 7 nitrogen and oxygen atoms in total. The van der Waals surface area contributed by atoms with Gasteiger partial charge in [-0.15, -0.1) is 0 Å². The van der Waals surface area contributed by atoms with Gasteiger partial charge in [-0.05, 0) is 31.4 Å². The first-order valence-electron chi connectivity index (χ1n) is 8.50. The summed E-state index contributed by atoms with van der Waals surface area (Å²) in [5, 5.41) is 3.07. The number of aryl methyl sites for hydroxylation is 2. The van der Waals surface area contributed by atoms with Crippen LogP contribution >= 0.6 is 0 Å². The van der Waals surface area contributed by atoms with Crippen molar-refractivity contribution < 1.29 is 4.79 Å². The van der Waals surface area contributed by atoms with Gasteiger partial charge in [-0.1, -0.05) is 6.07 Å². The smallest absolute Gasteiger partial charge is 0.293 e. The Hall–Kier alpha value is -2.70. The van der Waals surface area contributed by atoms with Gasteiger partial charge in [0.2, 0.25) is 5.91 Å². The molecular weight excluding hydrogens is 318 g/mol. The van der Waals surface area contributed by atoms with Crippen molar-refractivity contribution in [2.75, 3.05) is 18.0 Å². The molecule has 1 aliphatic heterocycles. The number of hydrogen-bond donors (Lipinski definition) is 1. The molecule has 1 saturated heterocycles. The van der Waals surface area contributed by atoms with E-state index in [0.717, 1.165) is 30.6 Å². The summed E-state index contributed by atoms with van der Waals surface area (Å²) in [5.41, 5.74) is 1.72. The van der Waals surface area contributed by atoms with Crippen LogP contribution in [0.2, 0.25) is 0 Å². The van der Waals surface area contributed by atoms with Gasteiger partial charge < -0.3 is 14.8 Å². The van der Waals surface area contributed by atoms with E-state index in [-0.39, 0.29) is 17.5 Å². The van der Waals surface area contributed by atoms with Crippen molar-refractivity contribution in [3.63, 3.8) is 0 Å². The average molecular weight is 341 g/mol. The lowest BCUT2D eigenvalue weighted by Gasteiger charge is -2.33. The minimum atomic E-state index is -0.111. The lowest BCUT2D eigenvalue weighted by molar-refractivity contribution is -0.121. The number of aromatic nitrogens is 3. The molecule has 7 heteroatoms. The van der Waals surface area contributed by atoms with Crippen LogP contribution in [0.3, 0.4) is 0 Å².